The van der Waals surface area contributed by atoms with Gasteiger partial charge in [-0.25, -0.2) is 9.07 Å². The number of aliphatic hydroxyl groups is 1. The number of nitrogens with zero attached hydrogens (tertiary/aromatic N) is 2. The van der Waals surface area contributed by atoms with Gasteiger partial charge in [0.15, 0.2) is 5.69 Å². The lowest BCUT2D eigenvalue weighted by Crippen LogP contribution is -2.33. The van der Waals surface area contributed by atoms with Crippen LogP contribution in [0.1, 0.15) is 36.2 Å². The maximum atomic E-state index is 13.7. The van der Waals surface area contributed by atoms with Gasteiger partial charge in [-0.3, -0.25) is 4.79 Å². The van der Waals surface area contributed by atoms with Gasteiger partial charge < -0.3 is 10.4 Å². The predicted octanol–water partition coefficient (Wildman–Crippen LogP) is 2.29. The molecule has 2 atom stereocenters. The molecule has 2 aromatic rings. The molecule has 122 valence electrons. The Hall–Kier alpha value is -2.21. The molecule has 2 N–H and O–H groups in total. The molecule has 0 spiro atoms. The van der Waals surface area contributed by atoms with Crippen molar-refractivity contribution in [2.75, 3.05) is 6.54 Å². The van der Waals surface area contributed by atoms with Crippen molar-refractivity contribution in [3.63, 3.8) is 0 Å². The van der Waals surface area contributed by atoms with Crippen LogP contribution in [0.4, 0.5) is 4.39 Å². The van der Waals surface area contributed by atoms with Crippen molar-refractivity contribution < 1.29 is 14.3 Å². The van der Waals surface area contributed by atoms with E-state index >= 15 is 0 Å². The molecule has 1 heterocycles. The van der Waals surface area contributed by atoms with Crippen molar-refractivity contribution in [3.05, 3.63) is 48.0 Å². The molecular formula is C17H20FN3O2. The van der Waals surface area contributed by atoms with Gasteiger partial charge in [0, 0.05) is 12.7 Å². The third-order valence-corrected chi connectivity index (χ3v) is 4.23. The van der Waals surface area contributed by atoms with E-state index in [2.05, 4.69) is 10.4 Å². The normalized spacial score (nSPS) is 21.1. The Morgan fingerprint density at radius 2 is 2.17 bits per heavy atom. The van der Waals surface area contributed by atoms with Gasteiger partial charge in [0.25, 0.3) is 5.91 Å². The molecule has 6 heteroatoms. The highest BCUT2D eigenvalue weighted by atomic mass is 19.1. The van der Waals surface area contributed by atoms with E-state index in [0.717, 1.165) is 25.7 Å². The summed E-state index contributed by atoms with van der Waals surface area (Å²) in [5, 5.41) is 16.6. The summed E-state index contributed by atoms with van der Waals surface area (Å²) >= 11 is 0. The smallest absolute Gasteiger partial charge is 0.271 e. The molecule has 1 amide bonds. The van der Waals surface area contributed by atoms with Crippen LogP contribution < -0.4 is 5.32 Å². The van der Waals surface area contributed by atoms with Crippen LogP contribution in [0.2, 0.25) is 0 Å². The van der Waals surface area contributed by atoms with Gasteiger partial charge in [0.05, 0.1) is 6.10 Å². The average molecular weight is 317 g/mol. The van der Waals surface area contributed by atoms with Gasteiger partial charge in [0.1, 0.15) is 11.5 Å². The first-order valence-electron chi connectivity index (χ1n) is 7.90. The van der Waals surface area contributed by atoms with E-state index in [1.165, 1.54) is 10.7 Å². The van der Waals surface area contributed by atoms with Crippen molar-refractivity contribution in [2.24, 2.45) is 5.92 Å². The number of benzene rings is 1. The van der Waals surface area contributed by atoms with Gasteiger partial charge in [-0.2, -0.15) is 5.10 Å². The minimum atomic E-state index is -0.390. The van der Waals surface area contributed by atoms with Gasteiger partial charge in [-0.15, -0.1) is 0 Å². The van der Waals surface area contributed by atoms with Gasteiger partial charge >= 0.3 is 0 Å². The third kappa shape index (κ3) is 3.76. The third-order valence-electron chi connectivity index (χ3n) is 4.23. The maximum absolute atomic E-state index is 13.7. The van der Waals surface area contributed by atoms with E-state index in [9.17, 15) is 14.3 Å². The summed E-state index contributed by atoms with van der Waals surface area (Å²) in [6.45, 7) is 0.530. The summed E-state index contributed by atoms with van der Waals surface area (Å²) in [5.41, 5.74) is 0.562. The maximum Gasteiger partial charge on any atom is 0.271 e. The summed E-state index contributed by atoms with van der Waals surface area (Å²) in [6, 6.07) is 7.85. The molecule has 0 saturated heterocycles. The second-order valence-electron chi connectivity index (χ2n) is 5.99. The number of carbonyl (C=O) groups is 1. The molecule has 1 aliphatic rings. The number of hydrogen-bond acceptors (Lipinski definition) is 3. The molecule has 2 unspecified atom stereocenters. The van der Waals surface area contributed by atoms with Crippen LogP contribution in [0.15, 0.2) is 36.5 Å². The minimum absolute atomic E-state index is 0.254. The van der Waals surface area contributed by atoms with Gasteiger partial charge in [-0.05, 0) is 43.4 Å². The highest BCUT2D eigenvalue weighted by Crippen LogP contribution is 2.23. The highest BCUT2D eigenvalue weighted by molar-refractivity contribution is 5.92. The van der Waals surface area contributed by atoms with Crippen LogP contribution in [-0.4, -0.2) is 33.4 Å². The largest absolute Gasteiger partial charge is 0.393 e. The van der Waals surface area contributed by atoms with E-state index in [1.807, 2.05) is 0 Å². The Bertz CT molecular complexity index is 686. The van der Waals surface area contributed by atoms with Crippen LogP contribution in [-0.2, 0) is 0 Å². The van der Waals surface area contributed by atoms with E-state index in [-0.39, 0.29) is 17.7 Å². The Labute approximate surface area is 134 Å². The number of para-hydroxylation sites is 1. The molecule has 1 aromatic heterocycles. The SMILES string of the molecule is O=C(NCC1CCCC(O)C1)c1ccn(-c2ccccc2F)n1. The summed E-state index contributed by atoms with van der Waals surface area (Å²) in [4.78, 5) is 12.2. The molecule has 1 saturated carbocycles. The van der Waals surface area contributed by atoms with Crippen molar-refractivity contribution in [1.29, 1.82) is 0 Å². The van der Waals surface area contributed by atoms with Crippen LogP contribution in [0.5, 0.6) is 0 Å². The number of amides is 1. The Morgan fingerprint density at radius 1 is 1.35 bits per heavy atom. The van der Waals surface area contributed by atoms with Crippen LogP contribution in [0.25, 0.3) is 5.69 Å². The monoisotopic (exact) mass is 317 g/mol. The topological polar surface area (TPSA) is 67.2 Å². The molecule has 3 rings (SSSR count). The van der Waals surface area contributed by atoms with Gasteiger partial charge in [0.2, 0.25) is 0 Å². The van der Waals surface area contributed by atoms with Crippen molar-refractivity contribution >= 4 is 5.91 Å². The summed E-state index contributed by atoms with van der Waals surface area (Å²) < 4.78 is 15.1. The molecule has 1 aliphatic carbocycles. The number of carbonyl (C=O) groups excluding carboxylic acids is 1. The standard InChI is InChI=1S/C17H20FN3O2/c18-14-6-1-2-7-16(14)21-9-8-15(20-21)17(23)19-11-12-4-3-5-13(22)10-12/h1-2,6-9,12-13,22H,3-5,10-11H2,(H,19,23). The van der Waals surface area contributed by atoms with Crippen molar-refractivity contribution in [2.45, 2.75) is 31.8 Å². The zero-order valence-corrected chi connectivity index (χ0v) is 12.8. The quantitative estimate of drug-likeness (QED) is 0.909. The first kappa shape index (κ1) is 15.7. The zero-order valence-electron chi connectivity index (χ0n) is 12.8. The summed E-state index contributed by atoms with van der Waals surface area (Å²) in [5.74, 6) is -0.366. The van der Waals surface area contributed by atoms with E-state index in [4.69, 9.17) is 0 Å². The molecule has 0 bridgehead atoms. The fourth-order valence-corrected chi connectivity index (χ4v) is 2.99. The zero-order chi connectivity index (χ0) is 16.2. The highest BCUT2D eigenvalue weighted by Gasteiger charge is 2.21. The van der Waals surface area contributed by atoms with Crippen molar-refractivity contribution in [1.82, 2.24) is 15.1 Å². The predicted molar refractivity (Wildman–Crippen MR) is 83.8 cm³/mol. The van der Waals surface area contributed by atoms with E-state index in [1.54, 1.807) is 30.5 Å². The summed E-state index contributed by atoms with van der Waals surface area (Å²) in [7, 11) is 0. The van der Waals surface area contributed by atoms with Crippen LogP contribution in [0, 0.1) is 11.7 Å². The number of hydrogen-bond donors (Lipinski definition) is 2. The number of halogens is 1. The first-order valence-corrected chi connectivity index (χ1v) is 7.90. The molecule has 1 fully saturated rings. The Balaban J connectivity index is 1.61. The molecule has 5 nitrogen and oxygen atoms in total. The fraction of sp³-hybridized carbons (Fsp3) is 0.412. The Kier molecular flexibility index (Phi) is 4.71. The van der Waals surface area contributed by atoms with Gasteiger partial charge in [-0.1, -0.05) is 18.6 Å². The summed E-state index contributed by atoms with van der Waals surface area (Å²) in [6.07, 6.45) is 4.88. The lowest BCUT2D eigenvalue weighted by Gasteiger charge is -2.25. The molecule has 0 radical (unpaired) electrons. The number of aliphatic hydroxyl groups excluding tert-OH is 1. The second-order valence-corrected chi connectivity index (χ2v) is 5.99. The lowest BCUT2D eigenvalue weighted by molar-refractivity contribution is 0.0870. The molecular weight excluding hydrogens is 297 g/mol. The fourth-order valence-electron chi connectivity index (χ4n) is 2.99. The molecule has 23 heavy (non-hydrogen) atoms. The van der Waals surface area contributed by atoms with E-state index in [0.29, 0.717) is 18.2 Å². The molecule has 0 aliphatic heterocycles. The minimum Gasteiger partial charge on any atom is -0.393 e. The number of nitrogens with one attached hydrogen (secondary N) is 1. The second kappa shape index (κ2) is 6.91. The van der Waals surface area contributed by atoms with Crippen molar-refractivity contribution in [3.8, 4) is 5.69 Å². The lowest BCUT2D eigenvalue weighted by atomic mass is 9.87. The number of rotatable bonds is 4. The average Bonchev–Trinajstić information content (AvgIpc) is 3.03. The number of aromatic nitrogens is 2. The van der Waals surface area contributed by atoms with Crippen LogP contribution >= 0.6 is 0 Å². The van der Waals surface area contributed by atoms with E-state index < -0.39 is 5.82 Å². The Morgan fingerprint density at radius 3 is 2.96 bits per heavy atom. The molecule has 1 aromatic carbocycles. The first-order chi connectivity index (χ1) is 11.1. The van der Waals surface area contributed by atoms with Crippen LogP contribution in [0.3, 0.4) is 0 Å².